The quantitative estimate of drug-likeness (QED) is 0.626. The van der Waals surface area contributed by atoms with E-state index in [1.807, 2.05) is 6.07 Å². The van der Waals surface area contributed by atoms with Gasteiger partial charge in [0.05, 0.1) is 0 Å². The first-order chi connectivity index (χ1) is 5.88. The predicted octanol–water partition coefficient (Wildman–Crippen LogP) is 1.03. The number of methoxy groups -OCH3 is 1. The van der Waals surface area contributed by atoms with Crippen LogP contribution in [0.25, 0.3) is 0 Å². The Morgan fingerprint density at radius 2 is 2.08 bits per heavy atom. The number of hydrogen-bond acceptors (Lipinski definition) is 1. The molecular formula is C10H14OSi. The summed E-state index contributed by atoms with van der Waals surface area (Å²) in [6.45, 7) is 3.84. The molecule has 1 aromatic carbocycles. The Morgan fingerprint density at radius 1 is 1.42 bits per heavy atom. The molecule has 0 aliphatic carbocycles. The van der Waals surface area contributed by atoms with Crippen molar-refractivity contribution < 1.29 is 4.74 Å². The molecule has 1 rings (SSSR count). The molecule has 0 fully saturated rings. The minimum atomic E-state index is -1.03. The van der Waals surface area contributed by atoms with Gasteiger partial charge in [0.15, 0.2) is 0 Å². The van der Waals surface area contributed by atoms with Crippen LogP contribution >= 0.6 is 0 Å². The van der Waals surface area contributed by atoms with Gasteiger partial charge in [-0.2, -0.15) is 0 Å². The maximum absolute atomic E-state index is 5.14. The van der Waals surface area contributed by atoms with E-state index in [1.165, 1.54) is 5.19 Å². The molecule has 0 saturated carbocycles. The fourth-order valence-electron chi connectivity index (χ4n) is 1.18. The molecular weight excluding hydrogens is 164 g/mol. The summed E-state index contributed by atoms with van der Waals surface area (Å²) in [7, 11) is 0.713. The number of hydrogen-bond donors (Lipinski definition) is 0. The van der Waals surface area contributed by atoms with E-state index in [2.05, 4.69) is 36.5 Å². The average molecular weight is 178 g/mol. The highest BCUT2D eigenvalue weighted by atomic mass is 28.3. The van der Waals surface area contributed by atoms with Crippen molar-refractivity contribution in [3.63, 3.8) is 0 Å². The largest absolute Gasteiger partial charge is 0.388 e. The van der Waals surface area contributed by atoms with E-state index in [4.69, 9.17) is 4.74 Å². The first kappa shape index (κ1) is 9.23. The van der Waals surface area contributed by atoms with E-state index in [0.29, 0.717) is 0 Å². The second-order valence-corrected chi connectivity index (χ2v) is 5.39. The summed E-state index contributed by atoms with van der Waals surface area (Å²) in [5.74, 6) is 0. The molecule has 12 heavy (non-hydrogen) atoms. The normalized spacial score (nSPS) is 12.4. The van der Waals surface area contributed by atoms with Crippen LogP contribution in [0.15, 0.2) is 42.6 Å². The van der Waals surface area contributed by atoms with Crippen LogP contribution < -0.4 is 5.19 Å². The van der Waals surface area contributed by atoms with Gasteiger partial charge in [-0.3, -0.25) is 0 Å². The molecule has 0 heterocycles. The van der Waals surface area contributed by atoms with E-state index in [1.54, 1.807) is 7.11 Å². The Balaban J connectivity index is 2.73. The number of benzene rings is 1. The standard InChI is InChI=1S/C10H14OSi/c1-3-12(9-11-2)10-7-5-4-6-8-10/h3-8,12H,1,9H2,2H3. The van der Waals surface area contributed by atoms with Crippen LogP contribution in [0.2, 0.25) is 0 Å². The van der Waals surface area contributed by atoms with Gasteiger partial charge in [-0.1, -0.05) is 41.2 Å². The maximum Gasteiger partial charge on any atom is 0.122 e. The molecule has 1 nitrogen and oxygen atoms in total. The Labute approximate surface area is 75.3 Å². The fraction of sp³-hybridized carbons (Fsp3) is 0.200. The third kappa shape index (κ3) is 2.32. The minimum Gasteiger partial charge on any atom is -0.388 e. The van der Waals surface area contributed by atoms with Crippen molar-refractivity contribution in [3.8, 4) is 0 Å². The molecule has 1 atom stereocenters. The zero-order valence-electron chi connectivity index (χ0n) is 7.36. The summed E-state index contributed by atoms with van der Waals surface area (Å²) in [5.41, 5.74) is 2.05. The lowest BCUT2D eigenvalue weighted by atomic mass is 10.4. The van der Waals surface area contributed by atoms with Crippen LogP contribution in [-0.4, -0.2) is 22.1 Å². The van der Waals surface area contributed by atoms with Crippen molar-refractivity contribution in [1.29, 1.82) is 0 Å². The molecule has 0 amide bonds. The van der Waals surface area contributed by atoms with Crippen molar-refractivity contribution in [2.45, 2.75) is 0 Å². The number of ether oxygens (including phenoxy) is 1. The van der Waals surface area contributed by atoms with Gasteiger partial charge in [-0.15, -0.1) is 6.58 Å². The van der Waals surface area contributed by atoms with Crippen molar-refractivity contribution in [2.75, 3.05) is 13.3 Å². The number of rotatable bonds is 4. The third-order valence-electron chi connectivity index (χ3n) is 1.86. The van der Waals surface area contributed by atoms with Crippen LogP contribution in [0, 0.1) is 0 Å². The van der Waals surface area contributed by atoms with E-state index >= 15 is 0 Å². The summed E-state index contributed by atoms with van der Waals surface area (Å²) >= 11 is 0. The van der Waals surface area contributed by atoms with Crippen LogP contribution in [0.5, 0.6) is 0 Å². The van der Waals surface area contributed by atoms with Crippen LogP contribution in [0.4, 0.5) is 0 Å². The van der Waals surface area contributed by atoms with Gasteiger partial charge >= 0.3 is 0 Å². The van der Waals surface area contributed by atoms with E-state index < -0.39 is 8.80 Å². The summed E-state index contributed by atoms with van der Waals surface area (Å²) in [6, 6.07) is 10.5. The first-order valence-corrected chi connectivity index (χ1v) is 6.11. The summed E-state index contributed by atoms with van der Waals surface area (Å²) in [5, 5.41) is 1.40. The zero-order valence-corrected chi connectivity index (χ0v) is 8.52. The second-order valence-electron chi connectivity index (χ2n) is 2.71. The van der Waals surface area contributed by atoms with E-state index in [9.17, 15) is 0 Å². The molecule has 0 aliphatic rings. The molecule has 64 valence electrons. The maximum atomic E-state index is 5.14. The highest BCUT2D eigenvalue weighted by Crippen LogP contribution is 1.90. The highest BCUT2D eigenvalue weighted by Gasteiger charge is 2.07. The Hall–Kier alpha value is -0.863. The molecule has 0 spiro atoms. The monoisotopic (exact) mass is 178 g/mol. The SMILES string of the molecule is C=C[SiH](COC)c1ccccc1. The van der Waals surface area contributed by atoms with Gasteiger partial charge in [0.2, 0.25) is 0 Å². The van der Waals surface area contributed by atoms with E-state index in [-0.39, 0.29) is 0 Å². The molecule has 0 radical (unpaired) electrons. The van der Waals surface area contributed by atoms with Crippen molar-refractivity contribution in [3.05, 3.63) is 42.6 Å². The lowest BCUT2D eigenvalue weighted by Crippen LogP contribution is -2.32. The Morgan fingerprint density at radius 3 is 2.58 bits per heavy atom. The molecule has 0 saturated heterocycles. The lowest BCUT2D eigenvalue weighted by molar-refractivity contribution is 0.251. The van der Waals surface area contributed by atoms with Crippen LogP contribution in [0.3, 0.4) is 0 Å². The molecule has 0 N–H and O–H groups in total. The zero-order chi connectivity index (χ0) is 8.81. The Kier molecular flexibility index (Phi) is 3.77. The second kappa shape index (κ2) is 4.90. The van der Waals surface area contributed by atoms with Crippen molar-refractivity contribution >= 4 is 14.0 Å². The first-order valence-electron chi connectivity index (χ1n) is 4.05. The molecule has 0 aromatic heterocycles. The summed E-state index contributed by atoms with van der Waals surface area (Å²) in [6.07, 6.45) is 0.841. The molecule has 1 unspecified atom stereocenters. The molecule has 0 bridgehead atoms. The smallest absolute Gasteiger partial charge is 0.122 e. The van der Waals surface area contributed by atoms with Gasteiger partial charge < -0.3 is 4.74 Å². The van der Waals surface area contributed by atoms with Crippen molar-refractivity contribution in [1.82, 2.24) is 0 Å². The fourth-order valence-corrected chi connectivity index (χ4v) is 2.86. The third-order valence-corrected chi connectivity index (χ3v) is 4.36. The highest BCUT2D eigenvalue weighted by molar-refractivity contribution is 6.77. The average Bonchev–Trinajstić information content (AvgIpc) is 2.15. The van der Waals surface area contributed by atoms with Crippen LogP contribution in [0.1, 0.15) is 0 Å². The Bertz CT molecular complexity index is 233. The topological polar surface area (TPSA) is 9.23 Å². The predicted molar refractivity (Wildman–Crippen MR) is 55.3 cm³/mol. The minimum absolute atomic E-state index is 0.841. The van der Waals surface area contributed by atoms with Gasteiger partial charge in [-0.05, 0) is 0 Å². The van der Waals surface area contributed by atoms with Gasteiger partial charge in [0.1, 0.15) is 8.80 Å². The molecule has 0 aliphatic heterocycles. The summed E-state index contributed by atoms with van der Waals surface area (Å²) < 4.78 is 5.14. The summed E-state index contributed by atoms with van der Waals surface area (Å²) in [4.78, 5) is 0. The molecule has 2 heteroatoms. The van der Waals surface area contributed by atoms with Gasteiger partial charge in [0.25, 0.3) is 0 Å². The van der Waals surface area contributed by atoms with Gasteiger partial charge in [-0.25, -0.2) is 0 Å². The van der Waals surface area contributed by atoms with Gasteiger partial charge in [0, 0.05) is 13.3 Å². The van der Waals surface area contributed by atoms with Crippen molar-refractivity contribution in [2.24, 2.45) is 0 Å². The van der Waals surface area contributed by atoms with E-state index in [0.717, 1.165) is 6.23 Å². The van der Waals surface area contributed by atoms with Crippen LogP contribution in [-0.2, 0) is 4.74 Å². The molecule has 1 aromatic rings. The lowest BCUT2D eigenvalue weighted by Gasteiger charge is -2.08.